The van der Waals surface area contributed by atoms with Gasteiger partial charge < -0.3 is 5.32 Å². The van der Waals surface area contributed by atoms with E-state index >= 15 is 0 Å². The fourth-order valence-corrected chi connectivity index (χ4v) is 3.17. The predicted molar refractivity (Wildman–Crippen MR) is 92.5 cm³/mol. The summed E-state index contributed by atoms with van der Waals surface area (Å²) in [5.41, 5.74) is 0.876. The maximum absolute atomic E-state index is 12.2. The van der Waals surface area contributed by atoms with E-state index in [4.69, 9.17) is 0 Å². The smallest absolute Gasteiger partial charge is 0.296 e. The molecule has 0 saturated heterocycles. The Bertz CT molecular complexity index is 1010. The number of carbonyl (C=O) groups excluding carboxylic acids is 1. The second-order valence-corrected chi connectivity index (χ2v) is 6.77. The van der Waals surface area contributed by atoms with Gasteiger partial charge in [0.1, 0.15) is 4.90 Å². The van der Waals surface area contributed by atoms with Crippen molar-refractivity contribution in [3.05, 3.63) is 72.3 Å². The van der Waals surface area contributed by atoms with E-state index < -0.39 is 10.1 Å². The number of rotatable bonds is 4. The summed E-state index contributed by atoms with van der Waals surface area (Å²) >= 11 is 0. The summed E-state index contributed by atoms with van der Waals surface area (Å²) in [6.45, 7) is 0. The first kappa shape index (κ1) is 16.2. The van der Waals surface area contributed by atoms with Crippen LogP contribution in [0.5, 0.6) is 0 Å². The SMILES string of the molecule is O=C(Cc1ccc2ccccc2c1)Nc1ccccc1S(=O)(=O)O. The first-order chi connectivity index (χ1) is 11.4. The van der Waals surface area contributed by atoms with Crippen LogP contribution in [0.15, 0.2) is 71.6 Å². The van der Waals surface area contributed by atoms with Gasteiger partial charge in [-0.15, -0.1) is 0 Å². The summed E-state index contributed by atoms with van der Waals surface area (Å²) in [7, 11) is -4.40. The molecule has 3 aromatic rings. The van der Waals surface area contributed by atoms with Crippen LogP contribution in [0.3, 0.4) is 0 Å². The highest BCUT2D eigenvalue weighted by molar-refractivity contribution is 7.86. The summed E-state index contributed by atoms with van der Waals surface area (Å²) in [6.07, 6.45) is 0.102. The van der Waals surface area contributed by atoms with Gasteiger partial charge in [0.2, 0.25) is 5.91 Å². The van der Waals surface area contributed by atoms with E-state index in [1.54, 1.807) is 6.07 Å². The molecule has 0 saturated carbocycles. The Morgan fingerprint density at radius 2 is 1.58 bits per heavy atom. The van der Waals surface area contributed by atoms with Crippen LogP contribution < -0.4 is 5.32 Å². The lowest BCUT2D eigenvalue weighted by Gasteiger charge is -2.09. The number of anilines is 1. The highest BCUT2D eigenvalue weighted by Crippen LogP contribution is 2.21. The van der Waals surface area contributed by atoms with E-state index in [1.165, 1.54) is 18.2 Å². The number of amides is 1. The van der Waals surface area contributed by atoms with Crippen LogP contribution in [-0.2, 0) is 21.3 Å². The Morgan fingerprint density at radius 3 is 2.33 bits per heavy atom. The monoisotopic (exact) mass is 341 g/mol. The zero-order valence-electron chi connectivity index (χ0n) is 12.6. The third kappa shape index (κ3) is 3.61. The summed E-state index contributed by atoms with van der Waals surface area (Å²) in [4.78, 5) is 11.9. The van der Waals surface area contributed by atoms with Crippen molar-refractivity contribution in [1.29, 1.82) is 0 Å². The summed E-state index contributed by atoms with van der Waals surface area (Å²) in [6, 6.07) is 19.3. The minimum atomic E-state index is -4.40. The van der Waals surface area contributed by atoms with Gasteiger partial charge in [0.15, 0.2) is 0 Å². The van der Waals surface area contributed by atoms with Gasteiger partial charge in [-0.25, -0.2) is 0 Å². The first-order valence-corrected chi connectivity index (χ1v) is 8.71. The minimum absolute atomic E-state index is 0.0609. The molecule has 0 aliphatic rings. The zero-order valence-corrected chi connectivity index (χ0v) is 13.5. The average molecular weight is 341 g/mol. The fraction of sp³-hybridized carbons (Fsp3) is 0.0556. The molecule has 122 valence electrons. The molecular weight excluding hydrogens is 326 g/mol. The van der Waals surface area contributed by atoms with Crippen LogP contribution in [0.25, 0.3) is 10.8 Å². The highest BCUT2D eigenvalue weighted by atomic mass is 32.2. The topological polar surface area (TPSA) is 83.5 Å². The Kier molecular flexibility index (Phi) is 4.33. The normalized spacial score (nSPS) is 11.4. The van der Waals surface area contributed by atoms with Crippen molar-refractivity contribution in [1.82, 2.24) is 0 Å². The standard InChI is InChI=1S/C18H15NO4S/c20-18(19-16-7-3-4-8-17(16)24(21,22)23)12-13-9-10-14-5-1-2-6-15(14)11-13/h1-11H,12H2,(H,19,20)(H,21,22,23). The van der Waals surface area contributed by atoms with E-state index in [0.29, 0.717) is 0 Å². The Morgan fingerprint density at radius 1 is 0.917 bits per heavy atom. The van der Waals surface area contributed by atoms with E-state index in [9.17, 15) is 17.8 Å². The van der Waals surface area contributed by atoms with Crippen LogP contribution in [0.2, 0.25) is 0 Å². The second kappa shape index (κ2) is 6.43. The second-order valence-electron chi connectivity index (χ2n) is 5.38. The molecule has 0 aromatic heterocycles. The Hall–Kier alpha value is -2.70. The van der Waals surface area contributed by atoms with Gasteiger partial charge in [-0.1, -0.05) is 54.6 Å². The number of nitrogens with one attached hydrogen (secondary N) is 1. The lowest BCUT2D eigenvalue weighted by Crippen LogP contribution is -2.16. The molecule has 0 bridgehead atoms. The third-order valence-electron chi connectivity index (χ3n) is 3.62. The van der Waals surface area contributed by atoms with Crippen molar-refractivity contribution in [2.45, 2.75) is 11.3 Å². The average Bonchev–Trinajstić information content (AvgIpc) is 2.54. The maximum atomic E-state index is 12.2. The Labute approximate surface area is 139 Å². The lowest BCUT2D eigenvalue weighted by atomic mass is 10.0. The molecule has 0 fully saturated rings. The number of hydrogen-bond acceptors (Lipinski definition) is 3. The van der Waals surface area contributed by atoms with Crippen molar-refractivity contribution in [2.75, 3.05) is 5.32 Å². The van der Waals surface area contributed by atoms with Gasteiger partial charge in [-0.2, -0.15) is 8.42 Å². The molecule has 6 heteroatoms. The highest BCUT2D eigenvalue weighted by Gasteiger charge is 2.16. The maximum Gasteiger partial charge on any atom is 0.296 e. The number of carbonyl (C=O) groups is 1. The van der Waals surface area contributed by atoms with Crippen LogP contribution in [-0.4, -0.2) is 18.9 Å². The quantitative estimate of drug-likeness (QED) is 0.714. The molecule has 24 heavy (non-hydrogen) atoms. The van der Waals surface area contributed by atoms with Gasteiger partial charge in [0, 0.05) is 0 Å². The molecule has 0 heterocycles. The predicted octanol–water partition coefficient (Wildman–Crippen LogP) is 3.27. The van der Waals surface area contributed by atoms with Gasteiger partial charge in [0.05, 0.1) is 12.1 Å². The molecule has 5 nitrogen and oxygen atoms in total. The number of para-hydroxylation sites is 1. The molecule has 0 spiro atoms. The van der Waals surface area contributed by atoms with Crippen LogP contribution >= 0.6 is 0 Å². The molecule has 3 aromatic carbocycles. The molecule has 0 aliphatic heterocycles. The van der Waals surface area contributed by atoms with Crippen molar-refractivity contribution < 1.29 is 17.8 Å². The Balaban J connectivity index is 1.81. The van der Waals surface area contributed by atoms with Crippen LogP contribution in [0, 0.1) is 0 Å². The molecule has 1 amide bonds. The van der Waals surface area contributed by atoms with E-state index in [-0.39, 0.29) is 22.9 Å². The minimum Gasteiger partial charge on any atom is -0.325 e. The van der Waals surface area contributed by atoms with Crippen molar-refractivity contribution in [2.24, 2.45) is 0 Å². The molecule has 0 aliphatic carbocycles. The molecule has 3 rings (SSSR count). The van der Waals surface area contributed by atoms with Gasteiger partial charge in [0.25, 0.3) is 10.1 Å². The fourth-order valence-electron chi connectivity index (χ4n) is 2.52. The zero-order chi connectivity index (χ0) is 17.2. The molecule has 0 radical (unpaired) electrons. The first-order valence-electron chi connectivity index (χ1n) is 7.27. The third-order valence-corrected chi connectivity index (χ3v) is 4.53. The van der Waals surface area contributed by atoms with Crippen molar-refractivity contribution in [3.63, 3.8) is 0 Å². The van der Waals surface area contributed by atoms with E-state index in [2.05, 4.69) is 5.32 Å². The van der Waals surface area contributed by atoms with Gasteiger partial charge in [-0.3, -0.25) is 9.35 Å². The number of hydrogen-bond donors (Lipinski definition) is 2. The van der Waals surface area contributed by atoms with Gasteiger partial charge >= 0.3 is 0 Å². The lowest BCUT2D eigenvalue weighted by molar-refractivity contribution is -0.115. The van der Waals surface area contributed by atoms with Gasteiger partial charge in [-0.05, 0) is 28.5 Å². The van der Waals surface area contributed by atoms with Crippen molar-refractivity contribution in [3.8, 4) is 0 Å². The molecule has 2 N–H and O–H groups in total. The number of benzene rings is 3. The molecule has 0 atom stereocenters. The van der Waals surface area contributed by atoms with Crippen LogP contribution in [0.4, 0.5) is 5.69 Å². The summed E-state index contributed by atoms with van der Waals surface area (Å²) in [5.74, 6) is -0.360. The summed E-state index contributed by atoms with van der Waals surface area (Å²) < 4.78 is 31.9. The largest absolute Gasteiger partial charge is 0.325 e. The summed E-state index contributed by atoms with van der Waals surface area (Å²) in [5, 5.41) is 4.65. The molecular formula is C18H15NO4S. The van der Waals surface area contributed by atoms with Crippen LogP contribution in [0.1, 0.15) is 5.56 Å². The van der Waals surface area contributed by atoms with Crippen molar-refractivity contribution >= 4 is 32.5 Å². The van der Waals surface area contributed by atoms with E-state index in [1.807, 2.05) is 42.5 Å². The van der Waals surface area contributed by atoms with E-state index in [0.717, 1.165) is 16.3 Å². The molecule has 0 unspecified atom stereocenters. The number of fused-ring (bicyclic) bond motifs is 1.